The van der Waals surface area contributed by atoms with Gasteiger partial charge in [-0.15, -0.1) is 0 Å². The van der Waals surface area contributed by atoms with Crippen LogP contribution in [0.5, 0.6) is 0 Å². The highest BCUT2D eigenvalue weighted by molar-refractivity contribution is 6.99. The molecule has 6 nitrogen and oxygen atoms in total. The monoisotopic (exact) mass is 518 g/mol. The SMILES string of the molecule is CC(C)OCCOCCOCCOCCOCCO[Si](c1ccccc1)(c1ccccc1)C(C)(C)C. The molecule has 0 N–H and O–H groups in total. The van der Waals surface area contributed by atoms with E-state index in [1.165, 1.54) is 10.4 Å². The van der Waals surface area contributed by atoms with Crippen molar-refractivity contribution < 1.29 is 28.1 Å². The zero-order valence-electron chi connectivity index (χ0n) is 22.9. The summed E-state index contributed by atoms with van der Waals surface area (Å²) in [7, 11) is -2.50. The van der Waals surface area contributed by atoms with Crippen LogP contribution in [-0.2, 0) is 28.1 Å². The second kappa shape index (κ2) is 17.0. The van der Waals surface area contributed by atoms with Crippen molar-refractivity contribution in [2.45, 2.75) is 45.8 Å². The molecule has 0 saturated heterocycles. The van der Waals surface area contributed by atoms with Gasteiger partial charge in [0, 0.05) is 0 Å². The van der Waals surface area contributed by atoms with Crippen LogP contribution in [0.1, 0.15) is 34.6 Å². The minimum Gasteiger partial charge on any atom is -0.405 e. The first-order chi connectivity index (χ1) is 17.4. The lowest BCUT2D eigenvalue weighted by molar-refractivity contribution is -0.0187. The molecule has 2 rings (SSSR count). The van der Waals surface area contributed by atoms with E-state index in [1.807, 2.05) is 13.8 Å². The quantitative estimate of drug-likeness (QED) is 0.207. The summed E-state index contributed by atoms with van der Waals surface area (Å²) in [5.74, 6) is 0. The minimum atomic E-state index is -2.50. The molecular weight excluding hydrogens is 472 g/mol. The average Bonchev–Trinajstić information content (AvgIpc) is 2.86. The van der Waals surface area contributed by atoms with Gasteiger partial charge in [0.25, 0.3) is 8.32 Å². The zero-order valence-corrected chi connectivity index (χ0v) is 23.9. The molecule has 0 fully saturated rings. The fraction of sp³-hybridized carbons (Fsp3) is 0.586. The zero-order chi connectivity index (χ0) is 26.1. The van der Waals surface area contributed by atoms with Crippen LogP contribution in [0.15, 0.2) is 60.7 Å². The standard InChI is InChI=1S/C29H46O6Si/c1-26(2)34-24-22-32-20-18-30-16-17-31-19-21-33-23-25-35-36(29(3,4)5,27-12-8-6-9-13-27)28-14-10-7-11-15-28/h6-15,26H,16-25H2,1-5H3. The lowest BCUT2D eigenvalue weighted by Gasteiger charge is -2.43. The van der Waals surface area contributed by atoms with Gasteiger partial charge in [0.1, 0.15) is 0 Å². The summed E-state index contributed by atoms with van der Waals surface area (Å²) in [6.45, 7) is 16.4. The number of hydrogen-bond acceptors (Lipinski definition) is 6. The summed E-state index contributed by atoms with van der Waals surface area (Å²) < 4.78 is 34.6. The molecule has 0 aliphatic heterocycles. The summed E-state index contributed by atoms with van der Waals surface area (Å²) in [4.78, 5) is 0. The van der Waals surface area contributed by atoms with Gasteiger partial charge in [0.15, 0.2) is 0 Å². The molecule has 0 unspecified atom stereocenters. The maximum atomic E-state index is 6.82. The van der Waals surface area contributed by atoms with E-state index in [2.05, 4.69) is 81.4 Å². The van der Waals surface area contributed by atoms with Crippen LogP contribution in [0.3, 0.4) is 0 Å². The summed E-state index contributed by atoms with van der Waals surface area (Å²) in [5.41, 5.74) is 0. The van der Waals surface area contributed by atoms with Gasteiger partial charge >= 0.3 is 0 Å². The van der Waals surface area contributed by atoms with E-state index in [-0.39, 0.29) is 11.1 Å². The van der Waals surface area contributed by atoms with Crippen LogP contribution in [-0.4, -0.2) is 80.5 Å². The number of benzene rings is 2. The van der Waals surface area contributed by atoms with E-state index in [1.54, 1.807) is 0 Å². The molecule has 0 radical (unpaired) electrons. The Balaban J connectivity index is 1.65. The first-order valence-electron chi connectivity index (χ1n) is 13.1. The van der Waals surface area contributed by atoms with E-state index in [4.69, 9.17) is 28.1 Å². The van der Waals surface area contributed by atoms with Crippen molar-refractivity contribution in [1.82, 2.24) is 0 Å². The first-order valence-corrected chi connectivity index (χ1v) is 15.0. The molecule has 0 aliphatic rings. The number of hydrogen-bond donors (Lipinski definition) is 0. The van der Waals surface area contributed by atoms with Crippen LogP contribution in [0.25, 0.3) is 0 Å². The Labute approximate surface area is 219 Å². The molecular formula is C29H46O6Si. The molecule has 0 aliphatic carbocycles. The van der Waals surface area contributed by atoms with Crippen molar-refractivity contribution in [3.63, 3.8) is 0 Å². The highest BCUT2D eigenvalue weighted by atomic mass is 28.4. The predicted octanol–water partition coefficient (Wildman–Crippen LogP) is 4.05. The Morgan fingerprint density at radius 2 is 0.917 bits per heavy atom. The molecule has 0 aromatic heterocycles. The normalized spacial score (nSPS) is 12.4. The van der Waals surface area contributed by atoms with Gasteiger partial charge in [-0.25, -0.2) is 0 Å². The van der Waals surface area contributed by atoms with Crippen molar-refractivity contribution in [1.29, 1.82) is 0 Å². The van der Waals surface area contributed by atoms with Crippen LogP contribution < -0.4 is 10.4 Å². The smallest absolute Gasteiger partial charge is 0.261 e. The van der Waals surface area contributed by atoms with Gasteiger partial charge in [0.2, 0.25) is 0 Å². The van der Waals surface area contributed by atoms with E-state index < -0.39 is 8.32 Å². The second-order valence-corrected chi connectivity index (χ2v) is 14.2. The molecule has 0 heterocycles. The molecule has 202 valence electrons. The Morgan fingerprint density at radius 1 is 0.556 bits per heavy atom. The number of rotatable bonds is 19. The van der Waals surface area contributed by atoms with Gasteiger partial charge in [-0.3, -0.25) is 0 Å². The largest absolute Gasteiger partial charge is 0.405 e. The molecule has 7 heteroatoms. The van der Waals surface area contributed by atoms with Gasteiger partial charge < -0.3 is 28.1 Å². The van der Waals surface area contributed by atoms with Crippen molar-refractivity contribution >= 4 is 18.7 Å². The molecule has 0 amide bonds. The van der Waals surface area contributed by atoms with Crippen LogP contribution in [0, 0.1) is 0 Å². The van der Waals surface area contributed by atoms with Crippen molar-refractivity contribution in [2.75, 3.05) is 66.1 Å². The topological polar surface area (TPSA) is 55.4 Å². The van der Waals surface area contributed by atoms with E-state index in [9.17, 15) is 0 Å². The maximum absolute atomic E-state index is 6.82. The van der Waals surface area contributed by atoms with Gasteiger partial charge in [-0.1, -0.05) is 81.4 Å². The first kappa shape index (κ1) is 30.6. The summed E-state index contributed by atoms with van der Waals surface area (Å²) >= 11 is 0. The van der Waals surface area contributed by atoms with E-state index in [0.29, 0.717) is 66.1 Å². The predicted molar refractivity (Wildman–Crippen MR) is 148 cm³/mol. The second-order valence-electron chi connectivity index (χ2n) is 9.88. The Bertz CT molecular complexity index is 755. The van der Waals surface area contributed by atoms with Crippen molar-refractivity contribution in [3.05, 3.63) is 60.7 Å². The third-order valence-corrected chi connectivity index (χ3v) is 10.8. The van der Waals surface area contributed by atoms with Gasteiger partial charge in [-0.05, 0) is 29.3 Å². The van der Waals surface area contributed by atoms with Crippen LogP contribution >= 0.6 is 0 Å². The third kappa shape index (κ3) is 10.4. The maximum Gasteiger partial charge on any atom is 0.261 e. The summed E-state index contributed by atoms with van der Waals surface area (Å²) in [5, 5.41) is 2.52. The van der Waals surface area contributed by atoms with Crippen molar-refractivity contribution in [3.8, 4) is 0 Å². The minimum absolute atomic E-state index is 0.0360. The Morgan fingerprint density at radius 3 is 1.28 bits per heavy atom. The molecule has 0 spiro atoms. The highest BCUT2D eigenvalue weighted by Gasteiger charge is 2.49. The van der Waals surface area contributed by atoms with E-state index in [0.717, 1.165) is 0 Å². The molecule has 0 bridgehead atoms. The summed E-state index contributed by atoms with van der Waals surface area (Å²) in [6, 6.07) is 21.3. The number of ether oxygens (including phenoxy) is 5. The fourth-order valence-corrected chi connectivity index (χ4v) is 8.66. The molecule has 2 aromatic carbocycles. The molecule has 0 atom stereocenters. The van der Waals surface area contributed by atoms with Crippen molar-refractivity contribution in [2.24, 2.45) is 0 Å². The molecule has 2 aromatic rings. The fourth-order valence-electron chi connectivity index (χ4n) is 4.12. The lowest BCUT2D eigenvalue weighted by atomic mass is 10.2. The lowest BCUT2D eigenvalue weighted by Crippen LogP contribution is -2.66. The molecule has 36 heavy (non-hydrogen) atoms. The van der Waals surface area contributed by atoms with Gasteiger partial charge in [-0.2, -0.15) is 0 Å². The third-order valence-electron chi connectivity index (χ3n) is 5.76. The molecule has 0 saturated carbocycles. The Hall–Kier alpha value is -1.58. The van der Waals surface area contributed by atoms with Crippen LogP contribution in [0.2, 0.25) is 5.04 Å². The van der Waals surface area contributed by atoms with Gasteiger partial charge in [0.05, 0.1) is 72.2 Å². The van der Waals surface area contributed by atoms with E-state index >= 15 is 0 Å². The highest BCUT2D eigenvalue weighted by Crippen LogP contribution is 2.36. The summed E-state index contributed by atoms with van der Waals surface area (Å²) in [6.07, 6.45) is 0.237. The van der Waals surface area contributed by atoms with Crippen LogP contribution in [0.4, 0.5) is 0 Å². The Kier molecular flexibility index (Phi) is 14.5. The average molecular weight is 519 g/mol.